The number of benzene rings is 2. The maximum atomic E-state index is 13.4. The lowest BCUT2D eigenvalue weighted by atomic mass is 10.1. The van der Waals surface area contributed by atoms with Crippen LogP contribution in [0.1, 0.15) is 5.56 Å². The number of halogens is 3. The fourth-order valence-corrected chi connectivity index (χ4v) is 2.91. The third-order valence-corrected chi connectivity index (χ3v) is 4.27. The van der Waals surface area contributed by atoms with Crippen LogP contribution in [-0.2, 0) is 17.5 Å². The van der Waals surface area contributed by atoms with Crippen molar-refractivity contribution in [3.05, 3.63) is 60.2 Å². The van der Waals surface area contributed by atoms with E-state index in [1.54, 1.807) is 18.2 Å². The van der Waals surface area contributed by atoms with Gasteiger partial charge in [-0.2, -0.15) is 13.8 Å². The molecule has 2 aromatic carbocycles. The molecule has 0 bridgehead atoms. The van der Waals surface area contributed by atoms with Crippen molar-refractivity contribution in [2.75, 3.05) is 11.1 Å². The number of hydrogen-bond donors (Lipinski definition) is 2. The van der Waals surface area contributed by atoms with Crippen LogP contribution in [0.4, 0.5) is 24.8 Å². The van der Waals surface area contributed by atoms with Gasteiger partial charge in [0.2, 0.25) is 5.95 Å². The van der Waals surface area contributed by atoms with Crippen LogP contribution in [0.15, 0.2) is 48.8 Å². The van der Waals surface area contributed by atoms with Crippen LogP contribution >= 0.6 is 0 Å². The molecule has 3 aromatic rings. The molecule has 1 aromatic heterocycles. The van der Waals surface area contributed by atoms with Crippen molar-refractivity contribution in [3.63, 3.8) is 0 Å². The molecular formula is C18H15F3N4O3S. The van der Waals surface area contributed by atoms with E-state index in [1.807, 2.05) is 6.07 Å². The van der Waals surface area contributed by atoms with Crippen LogP contribution in [0.5, 0.6) is 5.75 Å². The molecule has 152 valence electrons. The molecule has 0 amide bonds. The Balaban J connectivity index is 1.84. The minimum absolute atomic E-state index is 0.0185. The quantitative estimate of drug-likeness (QED) is 0.531. The third kappa shape index (κ3) is 5.96. The Morgan fingerprint density at radius 1 is 1.17 bits per heavy atom. The minimum Gasteiger partial charge on any atom is -0.434 e. The van der Waals surface area contributed by atoms with Gasteiger partial charge in [-0.05, 0) is 36.2 Å². The number of aromatic nitrogens is 3. The summed E-state index contributed by atoms with van der Waals surface area (Å²) < 4.78 is 62.7. The van der Waals surface area contributed by atoms with E-state index < -0.39 is 29.3 Å². The third-order valence-electron chi connectivity index (χ3n) is 3.72. The van der Waals surface area contributed by atoms with Gasteiger partial charge in [-0.3, -0.25) is 0 Å². The molecular weight excluding hydrogens is 409 g/mol. The molecule has 0 radical (unpaired) electrons. The summed E-state index contributed by atoms with van der Waals surface area (Å²) in [7, 11) is 0. The number of aryl methyl sites for hydroxylation is 1. The van der Waals surface area contributed by atoms with Gasteiger partial charge in [0.1, 0.15) is 17.9 Å². The van der Waals surface area contributed by atoms with Crippen LogP contribution in [0.2, 0.25) is 0 Å². The predicted molar refractivity (Wildman–Crippen MR) is 101 cm³/mol. The Bertz CT molecular complexity index is 1020. The largest absolute Gasteiger partial charge is 0.434 e. The van der Waals surface area contributed by atoms with Gasteiger partial charge in [0.15, 0.2) is 16.9 Å². The minimum atomic E-state index is -3.13. The van der Waals surface area contributed by atoms with E-state index in [2.05, 4.69) is 25.0 Å². The smallest absolute Gasteiger partial charge is 0.387 e. The summed E-state index contributed by atoms with van der Waals surface area (Å²) in [6, 6.07) is 10.2. The predicted octanol–water partition coefficient (Wildman–Crippen LogP) is 3.79. The summed E-state index contributed by atoms with van der Waals surface area (Å²) in [6.45, 7) is -3.13. The van der Waals surface area contributed by atoms with E-state index in [9.17, 15) is 17.4 Å². The number of alkyl halides is 2. The highest BCUT2D eigenvalue weighted by Crippen LogP contribution is 2.30. The number of nitrogens with zero attached hydrogens (tertiary/aromatic N) is 3. The standard InChI is InChI=1S/C18H15F3N4O3S/c19-12-4-5-14(15(9-12)28-17(20)21)16-22-10-23-18(25-16)24-13-3-1-2-11(8-13)6-7-29(26)27/h1-5,8-10,17H,6-7H2,(H,26,27)(H,22,23,24,25). The molecule has 1 heterocycles. The molecule has 29 heavy (non-hydrogen) atoms. The Morgan fingerprint density at radius 2 is 2.00 bits per heavy atom. The fourth-order valence-electron chi connectivity index (χ4n) is 2.50. The molecule has 2 N–H and O–H groups in total. The van der Waals surface area contributed by atoms with Crippen molar-refractivity contribution in [1.29, 1.82) is 0 Å². The zero-order valence-corrected chi connectivity index (χ0v) is 15.6. The first-order valence-corrected chi connectivity index (χ1v) is 9.55. The molecule has 11 heteroatoms. The van der Waals surface area contributed by atoms with Gasteiger partial charge in [-0.15, -0.1) is 0 Å². The zero-order chi connectivity index (χ0) is 20.8. The van der Waals surface area contributed by atoms with Crippen LogP contribution < -0.4 is 10.1 Å². The molecule has 0 spiro atoms. The molecule has 0 saturated heterocycles. The van der Waals surface area contributed by atoms with Crippen molar-refractivity contribution in [2.45, 2.75) is 13.0 Å². The molecule has 1 unspecified atom stereocenters. The van der Waals surface area contributed by atoms with Gasteiger partial charge in [-0.1, -0.05) is 12.1 Å². The maximum Gasteiger partial charge on any atom is 0.387 e. The summed E-state index contributed by atoms with van der Waals surface area (Å²) in [5.74, 6) is -0.875. The fraction of sp³-hybridized carbons (Fsp3) is 0.167. The van der Waals surface area contributed by atoms with Crippen LogP contribution in [0, 0.1) is 5.82 Å². The summed E-state index contributed by atoms with van der Waals surface area (Å²) >= 11 is -1.89. The second-order valence-electron chi connectivity index (χ2n) is 5.75. The van der Waals surface area contributed by atoms with Crippen LogP contribution in [-0.4, -0.2) is 36.1 Å². The van der Waals surface area contributed by atoms with Gasteiger partial charge in [0.05, 0.1) is 11.3 Å². The van der Waals surface area contributed by atoms with Gasteiger partial charge in [-0.25, -0.2) is 18.6 Å². The first kappa shape index (κ1) is 20.7. The molecule has 0 aliphatic carbocycles. The zero-order valence-electron chi connectivity index (χ0n) is 14.8. The molecule has 0 saturated carbocycles. The summed E-state index contributed by atoms with van der Waals surface area (Å²) in [5, 5.41) is 2.95. The van der Waals surface area contributed by atoms with E-state index in [1.165, 1.54) is 12.4 Å². The van der Waals surface area contributed by atoms with Gasteiger partial charge >= 0.3 is 6.61 Å². The highest BCUT2D eigenvalue weighted by Gasteiger charge is 2.15. The first-order valence-electron chi connectivity index (χ1n) is 8.28. The highest BCUT2D eigenvalue weighted by atomic mass is 32.2. The number of rotatable bonds is 8. The summed E-state index contributed by atoms with van der Waals surface area (Å²) in [4.78, 5) is 12.1. The van der Waals surface area contributed by atoms with Crippen molar-refractivity contribution >= 4 is 22.7 Å². The monoisotopic (exact) mass is 424 g/mol. The number of nitrogens with one attached hydrogen (secondary N) is 1. The lowest BCUT2D eigenvalue weighted by Gasteiger charge is -2.11. The SMILES string of the molecule is O=S(O)CCc1cccc(Nc2ncnc(-c3ccc(F)cc3OC(F)F)n2)c1. The highest BCUT2D eigenvalue weighted by molar-refractivity contribution is 7.79. The second-order valence-corrected chi connectivity index (χ2v) is 6.80. The average molecular weight is 424 g/mol. The van der Waals surface area contributed by atoms with E-state index in [0.29, 0.717) is 12.1 Å². The van der Waals surface area contributed by atoms with Crippen molar-refractivity contribution < 1.29 is 26.7 Å². The van der Waals surface area contributed by atoms with E-state index in [4.69, 9.17) is 4.55 Å². The topological polar surface area (TPSA) is 97.2 Å². The first-order chi connectivity index (χ1) is 13.9. The molecule has 1 atom stereocenters. The van der Waals surface area contributed by atoms with Crippen LogP contribution in [0.3, 0.4) is 0 Å². The summed E-state index contributed by atoms with van der Waals surface area (Å²) in [5.41, 5.74) is 1.53. The Morgan fingerprint density at radius 3 is 2.76 bits per heavy atom. The van der Waals surface area contributed by atoms with Gasteiger partial charge in [0.25, 0.3) is 0 Å². The molecule has 0 aliphatic rings. The normalized spacial score (nSPS) is 12.0. The van der Waals surface area contributed by atoms with E-state index in [-0.39, 0.29) is 23.1 Å². The molecule has 0 fully saturated rings. The lowest BCUT2D eigenvalue weighted by Crippen LogP contribution is -2.05. The Labute approximate surface area is 166 Å². The van der Waals surface area contributed by atoms with Crippen LogP contribution in [0.25, 0.3) is 11.4 Å². The van der Waals surface area contributed by atoms with E-state index in [0.717, 1.165) is 17.7 Å². The molecule has 0 aliphatic heterocycles. The van der Waals surface area contributed by atoms with Crippen molar-refractivity contribution in [3.8, 4) is 17.1 Å². The van der Waals surface area contributed by atoms with Gasteiger partial charge in [0, 0.05) is 11.8 Å². The number of ether oxygens (including phenoxy) is 1. The molecule has 3 rings (SSSR count). The second kappa shape index (κ2) is 9.43. The Kier molecular flexibility index (Phi) is 6.73. The average Bonchev–Trinajstić information content (AvgIpc) is 2.66. The van der Waals surface area contributed by atoms with Gasteiger partial charge < -0.3 is 14.6 Å². The number of hydrogen-bond acceptors (Lipinski definition) is 6. The van der Waals surface area contributed by atoms with Crippen molar-refractivity contribution in [1.82, 2.24) is 15.0 Å². The maximum absolute atomic E-state index is 13.4. The van der Waals surface area contributed by atoms with Crippen molar-refractivity contribution in [2.24, 2.45) is 0 Å². The molecule has 7 nitrogen and oxygen atoms in total. The van der Waals surface area contributed by atoms with E-state index >= 15 is 0 Å². The lowest BCUT2D eigenvalue weighted by molar-refractivity contribution is -0.0496. The number of anilines is 2. The Hall–Kier alpha value is -3.05. The summed E-state index contributed by atoms with van der Waals surface area (Å²) in [6.07, 6.45) is 1.59.